The third-order valence-corrected chi connectivity index (χ3v) is 5.03. The zero-order chi connectivity index (χ0) is 17.6. The number of hydrogen-bond acceptors (Lipinski definition) is 4. The molecule has 0 unspecified atom stereocenters. The molecule has 0 saturated heterocycles. The summed E-state index contributed by atoms with van der Waals surface area (Å²) >= 11 is 0. The lowest BCUT2D eigenvalue weighted by atomic mass is 9.89. The van der Waals surface area contributed by atoms with Gasteiger partial charge in [0, 0.05) is 12.0 Å². The van der Waals surface area contributed by atoms with Crippen LogP contribution in [0.15, 0.2) is 23.1 Å². The third kappa shape index (κ3) is 2.47. The Balaban J connectivity index is 2.05. The molecule has 1 aliphatic rings. The molecule has 2 heterocycles. The van der Waals surface area contributed by atoms with Gasteiger partial charge in [-0.1, -0.05) is 19.3 Å². The summed E-state index contributed by atoms with van der Waals surface area (Å²) in [4.78, 5) is 31.2. The second-order valence-electron chi connectivity index (χ2n) is 6.50. The van der Waals surface area contributed by atoms with Crippen LogP contribution in [0.25, 0.3) is 16.6 Å². The lowest BCUT2D eigenvalue weighted by Gasteiger charge is -2.21. The fourth-order valence-electron chi connectivity index (χ4n) is 3.80. The number of nitrogens with one attached hydrogen (secondary N) is 1. The lowest BCUT2D eigenvalue weighted by Crippen LogP contribution is -2.15. The highest BCUT2D eigenvalue weighted by molar-refractivity contribution is 5.96. The number of ether oxygens (including phenoxy) is 1. The van der Waals surface area contributed by atoms with Gasteiger partial charge in [-0.2, -0.15) is 0 Å². The summed E-state index contributed by atoms with van der Waals surface area (Å²) in [7, 11) is 1.44. The fourth-order valence-corrected chi connectivity index (χ4v) is 3.80. The summed E-state index contributed by atoms with van der Waals surface area (Å²) in [6, 6.07) is 3.11. The standard InChI is InChI=1S/C18H19N3O4/c1-25-15-8-13-12(7-11(15)18(23)24)20-17(22)14-9-19-16(21(13)14)10-5-3-2-4-6-10/h7-10H,2-6H2,1H3,(H,20,22)(H,23,24). The number of imidazole rings is 1. The number of hydrogen-bond donors (Lipinski definition) is 2. The molecule has 25 heavy (non-hydrogen) atoms. The van der Waals surface area contributed by atoms with Gasteiger partial charge in [0.2, 0.25) is 0 Å². The molecule has 7 heteroatoms. The molecule has 1 saturated carbocycles. The fraction of sp³-hybridized carbons (Fsp3) is 0.389. The summed E-state index contributed by atoms with van der Waals surface area (Å²) in [6.45, 7) is 0. The van der Waals surface area contributed by atoms with Crippen molar-refractivity contribution < 1.29 is 14.6 Å². The molecule has 0 atom stereocenters. The highest BCUT2D eigenvalue weighted by Crippen LogP contribution is 2.33. The molecule has 2 N–H and O–H groups in total. The van der Waals surface area contributed by atoms with Crippen molar-refractivity contribution in [2.75, 3.05) is 7.11 Å². The van der Waals surface area contributed by atoms with E-state index in [1.54, 1.807) is 12.3 Å². The molecule has 7 nitrogen and oxygen atoms in total. The molecule has 3 aromatic rings. The molecule has 1 fully saturated rings. The topological polar surface area (TPSA) is 96.7 Å². The van der Waals surface area contributed by atoms with E-state index < -0.39 is 5.97 Å². The van der Waals surface area contributed by atoms with Crippen LogP contribution in [-0.4, -0.2) is 32.6 Å². The first kappa shape index (κ1) is 15.7. The number of methoxy groups -OCH3 is 1. The van der Waals surface area contributed by atoms with E-state index in [2.05, 4.69) is 9.97 Å². The quantitative estimate of drug-likeness (QED) is 0.763. The number of fused-ring (bicyclic) bond motifs is 3. The number of carboxylic acid groups (broad SMARTS) is 1. The predicted molar refractivity (Wildman–Crippen MR) is 92.7 cm³/mol. The molecule has 1 aliphatic carbocycles. The molecule has 0 amide bonds. The average molecular weight is 341 g/mol. The number of nitrogens with zero attached hydrogens (tertiary/aromatic N) is 2. The van der Waals surface area contributed by atoms with E-state index in [4.69, 9.17) is 4.74 Å². The highest BCUT2D eigenvalue weighted by atomic mass is 16.5. The zero-order valence-electron chi connectivity index (χ0n) is 13.9. The maximum absolute atomic E-state index is 12.4. The van der Waals surface area contributed by atoms with Crippen molar-refractivity contribution in [1.29, 1.82) is 0 Å². The monoisotopic (exact) mass is 341 g/mol. The smallest absolute Gasteiger partial charge is 0.339 e. The zero-order valence-corrected chi connectivity index (χ0v) is 13.9. The minimum atomic E-state index is -1.10. The van der Waals surface area contributed by atoms with Crippen LogP contribution in [0, 0.1) is 0 Å². The van der Waals surface area contributed by atoms with Gasteiger partial charge in [-0.15, -0.1) is 0 Å². The summed E-state index contributed by atoms with van der Waals surface area (Å²) in [6.07, 6.45) is 7.26. The number of H-pyrrole nitrogens is 1. The predicted octanol–water partition coefficient (Wildman–Crippen LogP) is 2.93. The number of carboxylic acids is 1. The molecule has 1 aromatic carbocycles. The van der Waals surface area contributed by atoms with E-state index >= 15 is 0 Å². The van der Waals surface area contributed by atoms with Crippen molar-refractivity contribution in [3.05, 3.63) is 40.1 Å². The Bertz CT molecular complexity index is 1030. The van der Waals surface area contributed by atoms with Crippen molar-refractivity contribution in [3.8, 4) is 5.75 Å². The van der Waals surface area contributed by atoms with E-state index in [0.717, 1.165) is 31.5 Å². The second-order valence-corrected chi connectivity index (χ2v) is 6.50. The number of benzene rings is 1. The summed E-state index contributed by atoms with van der Waals surface area (Å²) in [5.41, 5.74) is 1.38. The summed E-state index contributed by atoms with van der Waals surface area (Å²) in [5.74, 6) is 0.344. The number of aromatic carboxylic acids is 1. The lowest BCUT2D eigenvalue weighted by molar-refractivity contribution is 0.0693. The first-order valence-electron chi connectivity index (χ1n) is 8.45. The van der Waals surface area contributed by atoms with Crippen molar-refractivity contribution in [3.63, 3.8) is 0 Å². The number of aromatic nitrogens is 3. The molecular weight excluding hydrogens is 322 g/mol. The molecule has 2 aromatic heterocycles. The Kier molecular flexibility index (Phi) is 3.71. The second kappa shape index (κ2) is 5.91. The van der Waals surface area contributed by atoms with Gasteiger partial charge in [0.1, 0.15) is 22.7 Å². The Morgan fingerprint density at radius 2 is 2.04 bits per heavy atom. The molecular formula is C18H19N3O4. The van der Waals surface area contributed by atoms with Crippen molar-refractivity contribution >= 4 is 22.5 Å². The van der Waals surface area contributed by atoms with Crippen LogP contribution in [0.4, 0.5) is 0 Å². The number of carbonyl (C=O) groups is 1. The van der Waals surface area contributed by atoms with Crippen LogP contribution in [0.5, 0.6) is 5.75 Å². The first-order chi connectivity index (χ1) is 12.1. The Labute approximate surface area is 143 Å². The van der Waals surface area contributed by atoms with Gasteiger partial charge in [-0.3, -0.25) is 9.20 Å². The molecule has 0 aliphatic heterocycles. The van der Waals surface area contributed by atoms with Gasteiger partial charge >= 0.3 is 5.97 Å². The van der Waals surface area contributed by atoms with Crippen LogP contribution in [0.3, 0.4) is 0 Å². The van der Waals surface area contributed by atoms with Crippen LogP contribution in [0.2, 0.25) is 0 Å². The van der Waals surface area contributed by atoms with Crippen LogP contribution >= 0.6 is 0 Å². The van der Waals surface area contributed by atoms with Crippen molar-refractivity contribution in [1.82, 2.24) is 14.4 Å². The molecule has 0 radical (unpaired) electrons. The van der Waals surface area contributed by atoms with Gasteiger partial charge in [0.25, 0.3) is 5.56 Å². The average Bonchev–Trinajstić information content (AvgIpc) is 3.07. The van der Waals surface area contributed by atoms with Gasteiger partial charge < -0.3 is 14.8 Å². The van der Waals surface area contributed by atoms with Crippen LogP contribution < -0.4 is 10.3 Å². The van der Waals surface area contributed by atoms with Crippen molar-refractivity contribution in [2.45, 2.75) is 38.0 Å². The van der Waals surface area contributed by atoms with E-state index in [0.29, 0.717) is 22.5 Å². The van der Waals surface area contributed by atoms with Crippen LogP contribution in [0.1, 0.15) is 54.2 Å². The van der Waals surface area contributed by atoms with Gasteiger partial charge in [0.05, 0.1) is 24.3 Å². The maximum Gasteiger partial charge on any atom is 0.339 e. The van der Waals surface area contributed by atoms with Crippen molar-refractivity contribution in [2.24, 2.45) is 0 Å². The Hall–Kier alpha value is -2.83. The van der Waals surface area contributed by atoms with E-state index in [1.807, 2.05) is 4.40 Å². The minimum absolute atomic E-state index is 0.0179. The largest absolute Gasteiger partial charge is 0.496 e. The normalized spacial score (nSPS) is 15.7. The SMILES string of the molecule is COc1cc2c(cc1C(=O)O)[nH]c(=O)c1cnc(C3CCCCC3)n12. The van der Waals surface area contributed by atoms with E-state index in [1.165, 1.54) is 19.6 Å². The molecule has 4 rings (SSSR count). The Morgan fingerprint density at radius 3 is 2.72 bits per heavy atom. The van der Waals surface area contributed by atoms with Gasteiger partial charge in [-0.05, 0) is 18.9 Å². The van der Waals surface area contributed by atoms with Gasteiger partial charge in [0.15, 0.2) is 0 Å². The maximum atomic E-state index is 12.4. The first-order valence-corrected chi connectivity index (χ1v) is 8.45. The number of rotatable bonds is 3. The number of aromatic amines is 1. The van der Waals surface area contributed by atoms with E-state index in [9.17, 15) is 14.7 Å². The summed E-state index contributed by atoms with van der Waals surface area (Å²) in [5, 5.41) is 9.37. The van der Waals surface area contributed by atoms with E-state index in [-0.39, 0.29) is 16.9 Å². The molecule has 0 spiro atoms. The highest BCUT2D eigenvalue weighted by Gasteiger charge is 2.23. The molecule has 130 valence electrons. The van der Waals surface area contributed by atoms with Gasteiger partial charge in [-0.25, -0.2) is 9.78 Å². The minimum Gasteiger partial charge on any atom is -0.496 e. The third-order valence-electron chi connectivity index (χ3n) is 5.03. The Morgan fingerprint density at radius 1 is 1.28 bits per heavy atom. The summed E-state index contributed by atoms with van der Waals surface area (Å²) < 4.78 is 7.11. The van der Waals surface area contributed by atoms with Crippen LogP contribution in [-0.2, 0) is 0 Å². The molecule has 0 bridgehead atoms.